The number of nitrogens with one attached hydrogen (secondary N) is 1. The fourth-order valence-corrected chi connectivity index (χ4v) is 2.80. The van der Waals surface area contributed by atoms with Gasteiger partial charge in [-0.3, -0.25) is 0 Å². The van der Waals surface area contributed by atoms with Crippen LogP contribution in [-0.2, 0) is 11.3 Å². The molecule has 0 saturated carbocycles. The van der Waals surface area contributed by atoms with Gasteiger partial charge in [-0.2, -0.15) is 0 Å². The Morgan fingerprint density at radius 1 is 1.50 bits per heavy atom. The molecular formula is C14H21N3O2S. The molecule has 0 radical (unpaired) electrons. The summed E-state index contributed by atoms with van der Waals surface area (Å²) in [4.78, 5) is 4.64. The Morgan fingerprint density at radius 2 is 2.35 bits per heavy atom. The van der Waals surface area contributed by atoms with E-state index in [1.165, 1.54) is 0 Å². The van der Waals surface area contributed by atoms with E-state index >= 15 is 0 Å². The molecule has 2 rings (SSSR count). The molecule has 0 aliphatic carbocycles. The number of aliphatic hydroxyl groups excluding tert-OH is 1. The van der Waals surface area contributed by atoms with Crippen LogP contribution in [0.25, 0.3) is 5.65 Å². The zero-order valence-electron chi connectivity index (χ0n) is 11.9. The first kappa shape index (κ1) is 15.3. The maximum atomic E-state index is 9.22. The maximum Gasteiger partial charge on any atom is 0.138 e. The molecule has 2 aromatic heterocycles. The van der Waals surface area contributed by atoms with Crippen LogP contribution in [0.4, 0.5) is 0 Å². The Morgan fingerprint density at radius 3 is 3.10 bits per heavy atom. The van der Waals surface area contributed by atoms with Gasteiger partial charge in [0.1, 0.15) is 10.7 Å². The standard InChI is InChI=1S/C14H21N3O2S/c1-11(10-18)20-14-12(9-15-6-8-19-2)17-7-4-3-5-13(17)16-14/h3-5,7,11,15,18H,6,8-10H2,1-2H3. The number of hydrogen-bond donors (Lipinski definition) is 2. The van der Waals surface area contributed by atoms with Crippen molar-refractivity contribution in [2.45, 2.75) is 23.7 Å². The molecule has 0 bridgehead atoms. The summed E-state index contributed by atoms with van der Waals surface area (Å²) in [6, 6.07) is 5.97. The SMILES string of the molecule is COCCNCc1c(SC(C)CO)nc2ccccn12. The number of nitrogens with zero attached hydrogens (tertiary/aromatic N) is 2. The Bertz CT molecular complexity index is 544. The molecule has 0 aliphatic rings. The van der Waals surface area contributed by atoms with E-state index in [9.17, 15) is 5.11 Å². The molecule has 2 heterocycles. The molecule has 0 aliphatic heterocycles. The van der Waals surface area contributed by atoms with Crippen molar-refractivity contribution in [1.82, 2.24) is 14.7 Å². The zero-order valence-corrected chi connectivity index (χ0v) is 12.7. The van der Waals surface area contributed by atoms with Gasteiger partial charge in [-0.05, 0) is 12.1 Å². The van der Waals surface area contributed by atoms with Crippen LogP contribution >= 0.6 is 11.8 Å². The van der Waals surface area contributed by atoms with E-state index in [-0.39, 0.29) is 11.9 Å². The summed E-state index contributed by atoms with van der Waals surface area (Å²) < 4.78 is 7.13. The van der Waals surface area contributed by atoms with Gasteiger partial charge in [0.25, 0.3) is 0 Å². The fraction of sp³-hybridized carbons (Fsp3) is 0.500. The van der Waals surface area contributed by atoms with Crippen LogP contribution in [0.3, 0.4) is 0 Å². The number of imidazole rings is 1. The zero-order chi connectivity index (χ0) is 14.4. The molecule has 1 atom stereocenters. The Hall–Kier alpha value is -1.08. The molecule has 2 N–H and O–H groups in total. The predicted octanol–water partition coefficient (Wildman–Crippen LogP) is 1.54. The largest absolute Gasteiger partial charge is 0.395 e. The molecule has 0 spiro atoms. The highest BCUT2D eigenvalue weighted by Gasteiger charge is 2.14. The van der Waals surface area contributed by atoms with E-state index in [1.807, 2.05) is 31.3 Å². The van der Waals surface area contributed by atoms with Crippen LogP contribution in [0.2, 0.25) is 0 Å². The molecule has 0 fully saturated rings. The fourth-order valence-electron chi connectivity index (χ4n) is 1.89. The summed E-state index contributed by atoms with van der Waals surface area (Å²) in [6.45, 7) is 4.36. The number of fused-ring (bicyclic) bond motifs is 1. The van der Waals surface area contributed by atoms with Gasteiger partial charge in [0.15, 0.2) is 0 Å². The lowest BCUT2D eigenvalue weighted by Crippen LogP contribution is -2.20. The van der Waals surface area contributed by atoms with Crippen LogP contribution in [-0.4, -0.2) is 46.6 Å². The molecule has 0 amide bonds. The summed E-state index contributed by atoms with van der Waals surface area (Å²) in [5.74, 6) is 0. The minimum Gasteiger partial charge on any atom is -0.395 e. The minimum absolute atomic E-state index is 0.137. The van der Waals surface area contributed by atoms with Crippen LogP contribution in [0.5, 0.6) is 0 Å². The van der Waals surface area contributed by atoms with Gasteiger partial charge in [0, 0.05) is 31.6 Å². The molecule has 6 heteroatoms. The second kappa shape index (κ2) is 7.64. The van der Waals surface area contributed by atoms with E-state index in [2.05, 4.69) is 14.7 Å². The number of rotatable bonds is 8. The van der Waals surface area contributed by atoms with E-state index < -0.39 is 0 Å². The van der Waals surface area contributed by atoms with E-state index in [4.69, 9.17) is 4.74 Å². The normalized spacial score (nSPS) is 12.9. The highest BCUT2D eigenvalue weighted by molar-refractivity contribution is 7.99. The number of ether oxygens (including phenoxy) is 1. The van der Waals surface area contributed by atoms with Crippen LogP contribution in [0.15, 0.2) is 29.4 Å². The Labute approximate surface area is 123 Å². The van der Waals surface area contributed by atoms with Gasteiger partial charge in [-0.25, -0.2) is 4.98 Å². The van der Waals surface area contributed by atoms with Crippen molar-refractivity contribution in [2.24, 2.45) is 0 Å². The van der Waals surface area contributed by atoms with Crippen LogP contribution in [0, 0.1) is 0 Å². The van der Waals surface area contributed by atoms with Gasteiger partial charge in [0.05, 0.1) is 18.9 Å². The maximum absolute atomic E-state index is 9.22. The summed E-state index contributed by atoms with van der Waals surface area (Å²) in [6.07, 6.45) is 2.02. The van der Waals surface area contributed by atoms with Gasteiger partial charge in [-0.15, -0.1) is 0 Å². The Kier molecular flexibility index (Phi) is 5.85. The Balaban J connectivity index is 2.20. The van der Waals surface area contributed by atoms with Crippen molar-refractivity contribution in [3.8, 4) is 0 Å². The number of thioether (sulfide) groups is 1. The van der Waals surface area contributed by atoms with Crippen molar-refractivity contribution >= 4 is 17.4 Å². The van der Waals surface area contributed by atoms with Crippen LogP contribution < -0.4 is 5.32 Å². The van der Waals surface area contributed by atoms with Crippen molar-refractivity contribution < 1.29 is 9.84 Å². The van der Waals surface area contributed by atoms with E-state index in [0.717, 1.165) is 29.5 Å². The van der Waals surface area contributed by atoms with Crippen molar-refractivity contribution in [2.75, 3.05) is 26.9 Å². The highest BCUT2D eigenvalue weighted by Crippen LogP contribution is 2.27. The van der Waals surface area contributed by atoms with E-state index in [0.29, 0.717) is 6.61 Å². The lowest BCUT2D eigenvalue weighted by Gasteiger charge is -2.09. The summed E-state index contributed by atoms with van der Waals surface area (Å²) >= 11 is 1.61. The third kappa shape index (κ3) is 3.73. The summed E-state index contributed by atoms with van der Waals surface area (Å²) in [5, 5.41) is 13.7. The average molecular weight is 295 g/mol. The quantitative estimate of drug-likeness (QED) is 0.571. The van der Waals surface area contributed by atoms with Crippen molar-refractivity contribution in [3.63, 3.8) is 0 Å². The van der Waals surface area contributed by atoms with Gasteiger partial charge >= 0.3 is 0 Å². The second-order valence-corrected chi connectivity index (χ2v) is 6.00. The van der Waals surface area contributed by atoms with Gasteiger partial charge < -0.3 is 19.6 Å². The van der Waals surface area contributed by atoms with Gasteiger partial charge in [0.2, 0.25) is 0 Å². The van der Waals surface area contributed by atoms with Crippen molar-refractivity contribution in [3.05, 3.63) is 30.1 Å². The molecule has 5 nitrogen and oxygen atoms in total. The summed E-state index contributed by atoms with van der Waals surface area (Å²) in [5.41, 5.74) is 2.06. The third-order valence-electron chi connectivity index (χ3n) is 2.94. The highest BCUT2D eigenvalue weighted by atomic mass is 32.2. The first-order valence-corrected chi connectivity index (χ1v) is 7.57. The van der Waals surface area contributed by atoms with Crippen LogP contribution in [0.1, 0.15) is 12.6 Å². The third-order valence-corrected chi connectivity index (χ3v) is 4.04. The molecule has 2 aromatic rings. The number of aliphatic hydroxyl groups is 1. The molecule has 0 aromatic carbocycles. The summed E-state index contributed by atoms with van der Waals surface area (Å²) in [7, 11) is 1.69. The number of pyridine rings is 1. The number of hydrogen-bond acceptors (Lipinski definition) is 5. The van der Waals surface area contributed by atoms with Crippen molar-refractivity contribution in [1.29, 1.82) is 0 Å². The first-order chi connectivity index (χ1) is 9.76. The predicted molar refractivity (Wildman–Crippen MR) is 81.2 cm³/mol. The monoisotopic (exact) mass is 295 g/mol. The molecule has 110 valence electrons. The molecule has 20 heavy (non-hydrogen) atoms. The molecule has 0 saturated heterocycles. The lowest BCUT2D eigenvalue weighted by molar-refractivity contribution is 0.199. The topological polar surface area (TPSA) is 58.8 Å². The molecular weight excluding hydrogens is 274 g/mol. The average Bonchev–Trinajstić information content (AvgIpc) is 2.81. The van der Waals surface area contributed by atoms with E-state index in [1.54, 1.807) is 18.9 Å². The smallest absolute Gasteiger partial charge is 0.138 e. The lowest BCUT2D eigenvalue weighted by atomic mass is 10.4. The number of methoxy groups -OCH3 is 1. The first-order valence-electron chi connectivity index (χ1n) is 6.69. The number of aromatic nitrogens is 2. The van der Waals surface area contributed by atoms with Gasteiger partial charge in [-0.1, -0.05) is 24.8 Å². The second-order valence-electron chi connectivity index (χ2n) is 4.57. The molecule has 1 unspecified atom stereocenters. The minimum atomic E-state index is 0.137.